The van der Waals surface area contributed by atoms with Crippen LogP contribution in [0.2, 0.25) is 0 Å². The lowest BCUT2D eigenvalue weighted by molar-refractivity contribution is -0.160. The van der Waals surface area contributed by atoms with E-state index in [1.807, 2.05) is 0 Å². The summed E-state index contributed by atoms with van der Waals surface area (Å²) in [6, 6.07) is 0. The first kappa shape index (κ1) is 14.0. The van der Waals surface area contributed by atoms with E-state index in [0.29, 0.717) is 18.8 Å². The molecule has 1 aliphatic carbocycles. The van der Waals surface area contributed by atoms with Crippen LogP contribution in [0.1, 0.15) is 52.4 Å². The third-order valence-electron chi connectivity index (χ3n) is 4.14. The van der Waals surface area contributed by atoms with Gasteiger partial charge in [-0.25, -0.2) is 4.79 Å². The molecule has 0 aromatic rings. The van der Waals surface area contributed by atoms with Crippen LogP contribution in [0.3, 0.4) is 0 Å². The zero-order valence-corrected chi connectivity index (χ0v) is 11.0. The van der Waals surface area contributed by atoms with Crippen molar-refractivity contribution in [2.24, 2.45) is 5.92 Å². The number of carboxylic acids is 1. The average Bonchev–Trinajstić information content (AvgIpc) is 2.29. The van der Waals surface area contributed by atoms with E-state index >= 15 is 0 Å². The maximum absolute atomic E-state index is 11.5. The molecule has 0 spiro atoms. The molecule has 0 aliphatic heterocycles. The first-order valence-electron chi connectivity index (χ1n) is 6.42. The highest BCUT2D eigenvalue weighted by molar-refractivity contribution is 5.86. The summed E-state index contributed by atoms with van der Waals surface area (Å²) < 4.78 is 0. The fourth-order valence-electron chi connectivity index (χ4n) is 2.85. The van der Waals surface area contributed by atoms with Gasteiger partial charge in [0.2, 0.25) is 5.91 Å². The van der Waals surface area contributed by atoms with Gasteiger partial charge < -0.3 is 10.0 Å². The summed E-state index contributed by atoms with van der Waals surface area (Å²) in [5.41, 5.74) is -0.962. The molecule has 0 bridgehead atoms. The van der Waals surface area contributed by atoms with Gasteiger partial charge in [-0.05, 0) is 31.6 Å². The zero-order valence-electron chi connectivity index (χ0n) is 11.0. The Balaban J connectivity index is 2.77. The standard InChI is InChI=1S/C13H23NO3/c1-4-5-11-6-8-13(9-7-11,12(16)17)14(3)10(2)15/h11H,4-9H2,1-3H3,(H,16,17). The Morgan fingerprint density at radius 2 is 1.88 bits per heavy atom. The Morgan fingerprint density at radius 3 is 2.24 bits per heavy atom. The number of likely N-dealkylation sites (N-methyl/N-ethyl adjacent to an activating group) is 1. The third kappa shape index (κ3) is 2.79. The van der Waals surface area contributed by atoms with Crippen LogP contribution in [0.15, 0.2) is 0 Å². The maximum Gasteiger partial charge on any atom is 0.329 e. The summed E-state index contributed by atoms with van der Waals surface area (Å²) in [6.45, 7) is 3.59. The molecule has 1 saturated carbocycles. The number of carboxylic acid groups (broad SMARTS) is 1. The summed E-state index contributed by atoms with van der Waals surface area (Å²) >= 11 is 0. The predicted octanol–water partition coefficient (Wildman–Crippen LogP) is 2.28. The smallest absolute Gasteiger partial charge is 0.329 e. The largest absolute Gasteiger partial charge is 0.479 e. The predicted molar refractivity (Wildman–Crippen MR) is 65.7 cm³/mol. The minimum Gasteiger partial charge on any atom is -0.479 e. The SMILES string of the molecule is CCCC1CCC(C(=O)O)(N(C)C(C)=O)CC1. The van der Waals surface area contributed by atoms with Crippen molar-refractivity contribution in [2.45, 2.75) is 57.9 Å². The van der Waals surface area contributed by atoms with Gasteiger partial charge in [0.1, 0.15) is 5.54 Å². The highest BCUT2D eigenvalue weighted by Gasteiger charge is 2.46. The van der Waals surface area contributed by atoms with Crippen LogP contribution in [0, 0.1) is 5.92 Å². The van der Waals surface area contributed by atoms with Crippen LogP contribution in [0.4, 0.5) is 0 Å². The molecule has 1 aliphatic rings. The number of nitrogens with zero attached hydrogens (tertiary/aromatic N) is 1. The molecule has 0 unspecified atom stereocenters. The van der Waals surface area contributed by atoms with E-state index < -0.39 is 11.5 Å². The Labute approximate surface area is 103 Å². The molecule has 0 aromatic carbocycles. The highest BCUT2D eigenvalue weighted by atomic mass is 16.4. The van der Waals surface area contributed by atoms with Crippen molar-refractivity contribution in [1.29, 1.82) is 0 Å². The molecule has 0 heterocycles. The molecular weight excluding hydrogens is 218 g/mol. The quantitative estimate of drug-likeness (QED) is 0.821. The molecule has 17 heavy (non-hydrogen) atoms. The van der Waals surface area contributed by atoms with Gasteiger partial charge in [0.15, 0.2) is 0 Å². The van der Waals surface area contributed by atoms with Crippen molar-refractivity contribution in [3.63, 3.8) is 0 Å². The van der Waals surface area contributed by atoms with Gasteiger partial charge in [0.25, 0.3) is 0 Å². The number of hydrogen-bond donors (Lipinski definition) is 1. The topological polar surface area (TPSA) is 57.6 Å². The van der Waals surface area contributed by atoms with Gasteiger partial charge in [0, 0.05) is 14.0 Å². The number of amides is 1. The van der Waals surface area contributed by atoms with Gasteiger partial charge >= 0.3 is 5.97 Å². The van der Waals surface area contributed by atoms with Crippen molar-refractivity contribution in [3.05, 3.63) is 0 Å². The Kier molecular flexibility index (Phi) is 4.54. The normalized spacial score (nSPS) is 28.8. The minimum atomic E-state index is -0.962. The molecule has 1 amide bonds. The van der Waals surface area contributed by atoms with Crippen molar-refractivity contribution in [3.8, 4) is 0 Å². The Hall–Kier alpha value is -1.06. The summed E-state index contributed by atoms with van der Waals surface area (Å²) in [5, 5.41) is 9.43. The molecule has 4 nitrogen and oxygen atoms in total. The number of carbonyl (C=O) groups excluding carboxylic acids is 1. The van der Waals surface area contributed by atoms with Crippen molar-refractivity contribution in [2.75, 3.05) is 7.05 Å². The van der Waals surface area contributed by atoms with Crippen molar-refractivity contribution < 1.29 is 14.7 Å². The molecule has 98 valence electrons. The van der Waals surface area contributed by atoms with Crippen LogP contribution >= 0.6 is 0 Å². The molecular formula is C13H23NO3. The summed E-state index contributed by atoms with van der Waals surface area (Å²) in [4.78, 5) is 24.3. The van der Waals surface area contributed by atoms with E-state index in [2.05, 4.69) is 6.92 Å². The second-order valence-corrected chi connectivity index (χ2v) is 5.15. The average molecular weight is 241 g/mol. The van der Waals surface area contributed by atoms with Crippen LogP contribution in [-0.4, -0.2) is 34.5 Å². The molecule has 0 saturated heterocycles. The summed E-state index contributed by atoms with van der Waals surface area (Å²) in [7, 11) is 1.61. The van der Waals surface area contributed by atoms with Crippen LogP contribution in [0.25, 0.3) is 0 Å². The first-order valence-corrected chi connectivity index (χ1v) is 6.42. The maximum atomic E-state index is 11.5. The molecule has 1 rings (SSSR count). The summed E-state index contributed by atoms with van der Waals surface area (Å²) in [6.07, 6.45) is 5.31. The Morgan fingerprint density at radius 1 is 1.35 bits per heavy atom. The molecule has 1 fully saturated rings. The fourth-order valence-corrected chi connectivity index (χ4v) is 2.85. The van der Waals surface area contributed by atoms with Crippen LogP contribution < -0.4 is 0 Å². The first-order chi connectivity index (χ1) is 7.94. The van der Waals surface area contributed by atoms with E-state index in [4.69, 9.17) is 0 Å². The van der Waals surface area contributed by atoms with E-state index in [1.165, 1.54) is 18.2 Å². The number of hydrogen-bond acceptors (Lipinski definition) is 2. The fraction of sp³-hybridized carbons (Fsp3) is 0.846. The molecule has 0 radical (unpaired) electrons. The van der Waals surface area contributed by atoms with Gasteiger partial charge in [0.05, 0.1) is 0 Å². The van der Waals surface area contributed by atoms with Gasteiger partial charge in [-0.1, -0.05) is 19.8 Å². The molecule has 1 N–H and O–H groups in total. The van der Waals surface area contributed by atoms with Gasteiger partial charge in [-0.3, -0.25) is 4.79 Å². The highest BCUT2D eigenvalue weighted by Crippen LogP contribution is 2.38. The van der Waals surface area contributed by atoms with Gasteiger partial charge in [-0.15, -0.1) is 0 Å². The van der Waals surface area contributed by atoms with E-state index in [1.54, 1.807) is 7.05 Å². The zero-order chi connectivity index (χ0) is 13.1. The van der Waals surface area contributed by atoms with Crippen LogP contribution in [-0.2, 0) is 9.59 Å². The molecule has 4 heteroatoms. The number of rotatable bonds is 4. The molecule has 0 atom stereocenters. The lowest BCUT2D eigenvalue weighted by Gasteiger charge is -2.42. The lowest BCUT2D eigenvalue weighted by atomic mass is 9.74. The summed E-state index contributed by atoms with van der Waals surface area (Å²) in [5.74, 6) is -0.390. The van der Waals surface area contributed by atoms with Gasteiger partial charge in [-0.2, -0.15) is 0 Å². The third-order valence-corrected chi connectivity index (χ3v) is 4.14. The second kappa shape index (κ2) is 5.52. The Bertz CT molecular complexity index is 293. The van der Waals surface area contributed by atoms with E-state index in [-0.39, 0.29) is 5.91 Å². The van der Waals surface area contributed by atoms with Crippen molar-refractivity contribution in [1.82, 2.24) is 4.90 Å². The van der Waals surface area contributed by atoms with E-state index in [9.17, 15) is 14.7 Å². The second-order valence-electron chi connectivity index (χ2n) is 5.15. The number of aliphatic carboxylic acids is 1. The number of carbonyl (C=O) groups is 2. The lowest BCUT2D eigenvalue weighted by Crippen LogP contribution is -2.56. The molecule has 0 aromatic heterocycles. The monoisotopic (exact) mass is 241 g/mol. The van der Waals surface area contributed by atoms with Crippen molar-refractivity contribution >= 4 is 11.9 Å². The minimum absolute atomic E-state index is 0.165. The van der Waals surface area contributed by atoms with E-state index in [0.717, 1.165) is 19.3 Å². The van der Waals surface area contributed by atoms with Crippen LogP contribution in [0.5, 0.6) is 0 Å².